The lowest BCUT2D eigenvalue weighted by molar-refractivity contribution is 0.618. The fourth-order valence-corrected chi connectivity index (χ4v) is 1.82. The summed E-state index contributed by atoms with van der Waals surface area (Å²) in [7, 11) is 0. The largest absolute Gasteiger partial charge is 0.381 e. The molecule has 0 bridgehead atoms. The summed E-state index contributed by atoms with van der Waals surface area (Å²) >= 11 is 5.95. The van der Waals surface area contributed by atoms with Gasteiger partial charge in [0.15, 0.2) is 0 Å². The van der Waals surface area contributed by atoms with Crippen molar-refractivity contribution in [3.63, 3.8) is 0 Å². The molecule has 0 amide bonds. The topological polar surface area (TPSA) is 12.0 Å². The first-order valence-corrected chi connectivity index (χ1v) is 5.88. The Morgan fingerprint density at radius 3 is 2.61 bits per heavy atom. The van der Waals surface area contributed by atoms with Crippen LogP contribution in [0.1, 0.15) is 11.1 Å². The van der Waals surface area contributed by atoms with E-state index >= 15 is 0 Å². The lowest BCUT2D eigenvalue weighted by Crippen LogP contribution is -2.01. The highest BCUT2D eigenvalue weighted by atomic mass is 35.5. The van der Waals surface area contributed by atoms with Crippen molar-refractivity contribution in [3.05, 3.63) is 64.2 Å². The molecule has 0 fully saturated rings. The van der Waals surface area contributed by atoms with Crippen LogP contribution >= 0.6 is 11.6 Å². The Hall–Kier alpha value is -1.61. The van der Waals surface area contributed by atoms with Crippen LogP contribution in [0.2, 0.25) is 5.02 Å². The van der Waals surface area contributed by atoms with E-state index in [4.69, 9.17) is 11.6 Å². The maximum atomic E-state index is 13.1. The van der Waals surface area contributed by atoms with Crippen molar-refractivity contribution < 1.29 is 8.78 Å². The summed E-state index contributed by atoms with van der Waals surface area (Å²) in [5, 5.41) is 3.58. The highest BCUT2D eigenvalue weighted by molar-refractivity contribution is 6.31. The number of rotatable bonds is 3. The van der Waals surface area contributed by atoms with Gasteiger partial charge in [0.2, 0.25) is 0 Å². The predicted molar refractivity (Wildman–Crippen MR) is 69.9 cm³/mol. The fourth-order valence-electron chi connectivity index (χ4n) is 1.63. The van der Waals surface area contributed by atoms with Crippen LogP contribution in [0.15, 0.2) is 36.4 Å². The first kappa shape index (κ1) is 12.8. The monoisotopic (exact) mass is 267 g/mol. The molecule has 0 spiro atoms. The summed E-state index contributed by atoms with van der Waals surface area (Å²) in [6.45, 7) is 2.08. The predicted octanol–water partition coefficient (Wildman–Crippen LogP) is 4.54. The molecule has 4 heteroatoms. The zero-order valence-corrected chi connectivity index (χ0v) is 10.6. The Kier molecular flexibility index (Phi) is 3.82. The molecule has 1 N–H and O–H groups in total. The van der Waals surface area contributed by atoms with E-state index in [1.54, 1.807) is 19.1 Å². The second kappa shape index (κ2) is 5.36. The number of aryl methyl sites for hydroxylation is 1. The van der Waals surface area contributed by atoms with Crippen LogP contribution in [0.25, 0.3) is 0 Å². The van der Waals surface area contributed by atoms with E-state index in [-0.39, 0.29) is 11.6 Å². The lowest BCUT2D eigenvalue weighted by Gasteiger charge is -2.09. The summed E-state index contributed by atoms with van der Waals surface area (Å²) < 4.78 is 26.1. The van der Waals surface area contributed by atoms with Crippen molar-refractivity contribution in [1.82, 2.24) is 0 Å². The summed E-state index contributed by atoms with van der Waals surface area (Å²) in [5.41, 5.74) is 2.00. The highest BCUT2D eigenvalue weighted by Crippen LogP contribution is 2.19. The van der Waals surface area contributed by atoms with Gasteiger partial charge >= 0.3 is 0 Å². The summed E-state index contributed by atoms with van der Waals surface area (Å²) in [4.78, 5) is 0. The number of halogens is 3. The summed E-state index contributed by atoms with van der Waals surface area (Å²) in [6.07, 6.45) is 0. The molecule has 18 heavy (non-hydrogen) atoms. The number of anilines is 1. The molecule has 0 heterocycles. The van der Waals surface area contributed by atoms with E-state index < -0.39 is 0 Å². The van der Waals surface area contributed by atoms with Crippen molar-refractivity contribution in [2.75, 3.05) is 5.32 Å². The third-order valence-corrected chi connectivity index (χ3v) is 3.02. The van der Waals surface area contributed by atoms with Gasteiger partial charge in [0, 0.05) is 17.3 Å². The van der Waals surface area contributed by atoms with E-state index in [0.717, 1.165) is 5.69 Å². The molecule has 2 aromatic rings. The Balaban J connectivity index is 2.11. The minimum Gasteiger partial charge on any atom is -0.381 e. The molecular formula is C14H12ClF2N. The third kappa shape index (κ3) is 2.99. The molecule has 1 nitrogen and oxygen atoms in total. The fraction of sp³-hybridized carbons (Fsp3) is 0.143. The van der Waals surface area contributed by atoms with Gasteiger partial charge in [-0.3, -0.25) is 0 Å². The third-order valence-electron chi connectivity index (χ3n) is 2.65. The molecule has 0 aliphatic rings. The molecule has 2 rings (SSSR count). The second-order valence-electron chi connectivity index (χ2n) is 4.05. The van der Waals surface area contributed by atoms with Crippen molar-refractivity contribution >= 4 is 17.3 Å². The molecule has 0 aliphatic carbocycles. The molecule has 0 radical (unpaired) electrons. The minimum absolute atomic E-state index is 0.246. The van der Waals surface area contributed by atoms with Gasteiger partial charge in [-0.05, 0) is 54.4 Å². The minimum atomic E-state index is -0.327. The highest BCUT2D eigenvalue weighted by Gasteiger charge is 2.03. The zero-order chi connectivity index (χ0) is 13.1. The number of nitrogens with one attached hydrogen (secondary N) is 1. The van der Waals surface area contributed by atoms with Crippen LogP contribution in [0.3, 0.4) is 0 Å². The Morgan fingerprint density at radius 1 is 1.11 bits per heavy atom. The maximum Gasteiger partial charge on any atom is 0.126 e. The standard InChI is InChI=1S/C14H12ClF2N/c1-9-6-12(3-5-14(9)17)18-8-10-7-11(16)2-4-13(10)15/h2-7,18H,8H2,1H3. The Morgan fingerprint density at radius 2 is 1.89 bits per heavy atom. The van der Waals surface area contributed by atoms with Crippen LogP contribution in [0.4, 0.5) is 14.5 Å². The van der Waals surface area contributed by atoms with Crippen molar-refractivity contribution in [3.8, 4) is 0 Å². The van der Waals surface area contributed by atoms with Crippen LogP contribution in [0, 0.1) is 18.6 Å². The quantitative estimate of drug-likeness (QED) is 0.861. The Labute approximate surface area is 109 Å². The van der Waals surface area contributed by atoms with E-state index in [9.17, 15) is 8.78 Å². The van der Waals surface area contributed by atoms with E-state index in [1.165, 1.54) is 24.3 Å². The van der Waals surface area contributed by atoms with Crippen molar-refractivity contribution in [2.45, 2.75) is 13.5 Å². The van der Waals surface area contributed by atoms with Gasteiger partial charge in [0.1, 0.15) is 11.6 Å². The second-order valence-corrected chi connectivity index (χ2v) is 4.46. The summed E-state index contributed by atoms with van der Waals surface area (Å²) in [5.74, 6) is -0.573. The van der Waals surface area contributed by atoms with Crippen LogP contribution in [-0.2, 0) is 6.54 Å². The van der Waals surface area contributed by atoms with Gasteiger partial charge in [0.05, 0.1) is 0 Å². The van der Waals surface area contributed by atoms with Crippen molar-refractivity contribution in [2.24, 2.45) is 0 Å². The molecule has 0 unspecified atom stereocenters. The number of benzene rings is 2. The van der Waals surface area contributed by atoms with Gasteiger partial charge in [-0.1, -0.05) is 11.6 Å². The van der Waals surface area contributed by atoms with Crippen LogP contribution < -0.4 is 5.32 Å². The summed E-state index contributed by atoms with van der Waals surface area (Å²) in [6, 6.07) is 8.94. The van der Waals surface area contributed by atoms with Crippen LogP contribution in [-0.4, -0.2) is 0 Å². The first-order chi connectivity index (χ1) is 8.56. The molecule has 0 saturated carbocycles. The molecule has 0 saturated heterocycles. The van der Waals surface area contributed by atoms with Crippen LogP contribution in [0.5, 0.6) is 0 Å². The van der Waals surface area contributed by atoms with Crippen molar-refractivity contribution in [1.29, 1.82) is 0 Å². The molecule has 0 aliphatic heterocycles. The van der Waals surface area contributed by atoms with Gasteiger partial charge in [0.25, 0.3) is 0 Å². The van der Waals surface area contributed by atoms with E-state index in [1.807, 2.05) is 0 Å². The zero-order valence-electron chi connectivity index (χ0n) is 9.81. The molecule has 94 valence electrons. The smallest absolute Gasteiger partial charge is 0.126 e. The SMILES string of the molecule is Cc1cc(NCc2cc(F)ccc2Cl)ccc1F. The molecule has 2 aromatic carbocycles. The molecular weight excluding hydrogens is 256 g/mol. The number of hydrogen-bond acceptors (Lipinski definition) is 1. The van der Waals surface area contributed by atoms with Gasteiger partial charge in [-0.2, -0.15) is 0 Å². The average molecular weight is 268 g/mol. The average Bonchev–Trinajstić information content (AvgIpc) is 2.34. The number of hydrogen-bond donors (Lipinski definition) is 1. The van der Waals surface area contributed by atoms with Gasteiger partial charge in [-0.25, -0.2) is 8.78 Å². The Bertz CT molecular complexity index is 570. The maximum absolute atomic E-state index is 13.1. The van der Waals surface area contributed by atoms with E-state index in [2.05, 4.69) is 5.32 Å². The van der Waals surface area contributed by atoms with E-state index in [0.29, 0.717) is 22.7 Å². The molecule has 0 atom stereocenters. The first-order valence-electron chi connectivity index (χ1n) is 5.50. The van der Waals surface area contributed by atoms with Gasteiger partial charge < -0.3 is 5.32 Å². The lowest BCUT2D eigenvalue weighted by atomic mass is 10.2. The molecule has 0 aromatic heterocycles. The van der Waals surface area contributed by atoms with Gasteiger partial charge in [-0.15, -0.1) is 0 Å². The normalized spacial score (nSPS) is 10.4.